The van der Waals surface area contributed by atoms with Crippen molar-refractivity contribution < 1.29 is 18.9 Å². The van der Waals surface area contributed by atoms with Gasteiger partial charge in [0.1, 0.15) is 12.4 Å². The smallest absolute Gasteiger partial charge is 0.120 e. The number of rotatable bonds is 10. The van der Waals surface area contributed by atoms with Gasteiger partial charge in [0.05, 0.1) is 38.9 Å². The average Bonchev–Trinajstić information content (AvgIpc) is 2.52. The fraction of sp³-hybridized carbons (Fsp3) is 0.500. The Morgan fingerprint density at radius 1 is 1.00 bits per heavy atom. The fourth-order valence-corrected chi connectivity index (χ4v) is 1.55. The first kappa shape index (κ1) is 17.8. The van der Waals surface area contributed by atoms with Gasteiger partial charge in [-0.05, 0) is 18.2 Å². The van der Waals surface area contributed by atoms with Crippen molar-refractivity contribution in [1.82, 2.24) is 0 Å². The Balaban J connectivity index is 2.10. The standard InChI is InChI=1S/C16H21ClO4/c1-18-8-9-19-10-11-20-12-13-21-16-6-2-4-15(14-16)5-3-7-17/h2,4,6,14H,7-13H2,1H3. The Morgan fingerprint density at radius 3 is 2.43 bits per heavy atom. The third-order valence-electron chi connectivity index (χ3n) is 2.43. The van der Waals surface area contributed by atoms with Crippen LogP contribution in [0.5, 0.6) is 5.75 Å². The molecule has 0 N–H and O–H groups in total. The quantitative estimate of drug-likeness (QED) is 0.377. The largest absolute Gasteiger partial charge is 0.491 e. The van der Waals surface area contributed by atoms with Gasteiger partial charge >= 0.3 is 0 Å². The molecule has 0 saturated carbocycles. The summed E-state index contributed by atoms with van der Waals surface area (Å²) in [7, 11) is 1.65. The van der Waals surface area contributed by atoms with E-state index < -0.39 is 0 Å². The minimum atomic E-state index is 0.325. The predicted octanol–water partition coefficient (Wildman–Crippen LogP) is 2.34. The van der Waals surface area contributed by atoms with Gasteiger partial charge in [-0.3, -0.25) is 0 Å². The van der Waals surface area contributed by atoms with Crippen molar-refractivity contribution in [1.29, 1.82) is 0 Å². The van der Waals surface area contributed by atoms with Gasteiger partial charge < -0.3 is 18.9 Å². The molecule has 0 atom stereocenters. The van der Waals surface area contributed by atoms with Crippen molar-refractivity contribution in [2.75, 3.05) is 52.6 Å². The molecule has 5 heteroatoms. The lowest BCUT2D eigenvalue weighted by Gasteiger charge is -2.08. The van der Waals surface area contributed by atoms with Crippen LogP contribution in [0.3, 0.4) is 0 Å². The van der Waals surface area contributed by atoms with E-state index in [-0.39, 0.29) is 0 Å². The molecule has 0 spiro atoms. The van der Waals surface area contributed by atoms with E-state index in [0.29, 0.717) is 45.5 Å². The van der Waals surface area contributed by atoms with E-state index in [4.69, 9.17) is 30.5 Å². The lowest BCUT2D eigenvalue weighted by molar-refractivity contribution is 0.0180. The molecule has 0 saturated heterocycles. The predicted molar refractivity (Wildman–Crippen MR) is 83.0 cm³/mol. The Morgan fingerprint density at radius 2 is 1.71 bits per heavy atom. The van der Waals surface area contributed by atoms with Crippen LogP contribution in [0.2, 0.25) is 0 Å². The number of ether oxygens (including phenoxy) is 4. The summed E-state index contributed by atoms with van der Waals surface area (Å²) in [6, 6.07) is 7.59. The Bertz CT molecular complexity index is 439. The van der Waals surface area contributed by atoms with Crippen LogP contribution in [0, 0.1) is 11.8 Å². The highest BCUT2D eigenvalue weighted by atomic mass is 35.5. The lowest BCUT2D eigenvalue weighted by Crippen LogP contribution is -2.12. The molecule has 0 aromatic heterocycles. The molecule has 0 amide bonds. The van der Waals surface area contributed by atoms with Gasteiger partial charge in [0.2, 0.25) is 0 Å². The zero-order valence-corrected chi connectivity index (χ0v) is 13.0. The van der Waals surface area contributed by atoms with Crippen molar-refractivity contribution in [3.8, 4) is 17.6 Å². The third kappa shape index (κ3) is 9.33. The van der Waals surface area contributed by atoms with E-state index in [2.05, 4.69) is 11.8 Å². The molecule has 0 aliphatic carbocycles. The van der Waals surface area contributed by atoms with E-state index in [9.17, 15) is 0 Å². The molecule has 0 aliphatic heterocycles. The maximum Gasteiger partial charge on any atom is 0.120 e. The van der Waals surface area contributed by atoms with Crippen molar-refractivity contribution in [3.63, 3.8) is 0 Å². The van der Waals surface area contributed by atoms with Gasteiger partial charge in [-0.2, -0.15) is 0 Å². The molecule has 1 aromatic carbocycles. The van der Waals surface area contributed by atoms with Crippen LogP contribution in [0.25, 0.3) is 0 Å². The molecule has 21 heavy (non-hydrogen) atoms. The maximum absolute atomic E-state index is 5.59. The summed E-state index contributed by atoms with van der Waals surface area (Å²) in [6.45, 7) is 3.31. The van der Waals surface area contributed by atoms with Gasteiger partial charge in [0.25, 0.3) is 0 Å². The highest BCUT2D eigenvalue weighted by Crippen LogP contribution is 2.12. The summed E-state index contributed by atoms with van der Waals surface area (Å²) in [5, 5.41) is 0. The summed E-state index contributed by atoms with van der Waals surface area (Å²) in [6.07, 6.45) is 0. The minimum Gasteiger partial charge on any atom is -0.491 e. The minimum absolute atomic E-state index is 0.325. The monoisotopic (exact) mass is 312 g/mol. The van der Waals surface area contributed by atoms with Crippen molar-refractivity contribution in [3.05, 3.63) is 29.8 Å². The van der Waals surface area contributed by atoms with Crippen LogP contribution in [-0.2, 0) is 14.2 Å². The number of hydrogen-bond acceptors (Lipinski definition) is 4. The third-order valence-corrected chi connectivity index (χ3v) is 2.57. The molecule has 0 radical (unpaired) electrons. The molecule has 116 valence electrons. The van der Waals surface area contributed by atoms with Gasteiger partial charge in [0.15, 0.2) is 0 Å². The molecule has 0 heterocycles. The Kier molecular flexibility index (Phi) is 10.6. The van der Waals surface area contributed by atoms with Gasteiger partial charge in [0, 0.05) is 12.7 Å². The molecule has 1 rings (SSSR count). The molecule has 1 aromatic rings. The number of halogens is 1. The molecule has 0 bridgehead atoms. The number of methoxy groups -OCH3 is 1. The first-order valence-corrected chi connectivity index (χ1v) is 7.32. The van der Waals surface area contributed by atoms with Crippen molar-refractivity contribution in [2.45, 2.75) is 0 Å². The second-order valence-electron chi connectivity index (χ2n) is 4.03. The van der Waals surface area contributed by atoms with Crippen molar-refractivity contribution in [2.24, 2.45) is 0 Å². The van der Waals surface area contributed by atoms with Crippen LogP contribution >= 0.6 is 11.6 Å². The topological polar surface area (TPSA) is 36.9 Å². The first-order chi connectivity index (χ1) is 10.4. The number of benzene rings is 1. The molecular formula is C16H21ClO4. The summed E-state index contributed by atoms with van der Waals surface area (Å²) in [5.74, 6) is 6.86. The average molecular weight is 313 g/mol. The highest BCUT2D eigenvalue weighted by molar-refractivity contribution is 6.19. The van der Waals surface area contributed by atoms with E-state index >= 15 is 0 Å². The van der Waals surface area contributed by atoms with Gasteiger partial charge in [-0.25, -0.2) is 0 Å². The molecule has 0 fully saturated rings. The van der Waals surface area contributed by atoms with E-state index in [0.717, 1.165) is 11.3 Å². The summed E-state index contributed by atoms with van der Waals surface area (Å²) >= 11 is 5.52. The van der Waals surface area contributed by atoms with Crippen LogP contribution in [0.1, 0.15) is 5.56 Å². The number of hydrogen-bond donors (Lipinski definition) is 0. The SMILES string of the molecule is COCCOCCOCCOc1cccc(C#CCCl)c1. The van der Waals surface area contributed by atoms with Crippen LogP contribution in [0.15, 0.2) is 24.3 Å². The zero-order valence-electron chi connectivity index (χ0n) is 12.3. The second kappa shape index (κ2) is 12.5. The van der Waals surface area contributed by atoms with Crippen LogP contribution in [0.4, 0.5) is 0 Å². The van der Waals surface area contributed by atoms with Crippen LogP contribution < -0.4 is 4.74 Å². The summed E-state index contributed by atoms with van der Waals surface area (Å²) in [5.41, 5.74) is 0.889. The Hall–Kier alpha value is -1.25. The first-order valence-electron chi connectivity index (χ1n) is 6.79. The lowest BCUT2D eigenvalue weighted by atomic mass is 10.2. The fourth-order valence-electron chi connectivity index (χ4n) is 1.48. The molecular weight excluding hydrogens is 292 g/mol. The summed E-state index contributed by atoms with van der Waals surface area (Å²) < 4.78 is 21.1. The molecule has 0 aliphatic rings. The highest BCUT2D eigenvalue weighted by Gasteiger charge is 1.96. The number of alkyl halides is 1. The van der Waals surface area contributed by atoms with E-state index in [1.54, 1.807) is 7.11 Å². The summed E-state index contributed by atoms with van der Waals surface area (Å²) in [4.78, 5) is 0. The van der Waals surface area contributed by atoms with Gasteiger partial charge in [-0.1, -0.05) is 17.9 Å². The van der Waals surface area contributed by atoms with Crippen LogP contribution in [-0.4, -0.2) is 52.6 Å². The second-order valence-corrected chi connectivity index (χ2v) is 4.30. The van der Waals surface area contributed by atoms with E-state index in [1.807, 2.05) is 24.3 Å². The van der Waals surface area contributed by atoms with Gasteiger partial charge in [-0.15, -0.1) is 11.6 Å². The molecule has 0 unspecified atom stereocenters. The zero-order chi connectivity index (χ0) is 15.2. The maximum atomic E-state index is 5.59. The normalized spacial score (nSPS) is 10.0. The van der Waals surface area contributed by atoms with E-state index in [1.165, 1.54) is 0 Å². The van der Waals surface area contributed by atoms with Crippen molar-refractivity contribution >= 4 is 11.6 Å². The molecule has 4 nitrogen and oxygen atoms in total. The Labute approximate surface area is 131 Å².